The summed E-state index contributed by atoms with van der Waals surface area (Å²) in [5.41, 5.74) is 2.43. The van der Waals surface area contributed by atoms with E-state index in [0.717, 1.165) is 19.2 Å². The molecule has 0 fully saturated rings. The lowest BCUT2D eigenvalue weighted by Crippen LogP contribution is -2.27. The van der Waals surface area contributed by atoms with Gasteiger partial charge >= 0.3 is 6.18 Å². The Bertz CT molecular complexity index is 815. The molecule has 2 N–H and O–H groups in total. The molecule has 0 aliphatic heterocycles. The van der Waals surface area contributed by atoms with Crippen LogP contribution in [0.2, 0.25) is 10.0 Å². The first-order valence-corrected chi connectivity index (χ1v) is 6.51. The van der Waals surface area contributed by atoms with Crippen molar-refractivity contribution in [2.24, 2.45) is 7.05 Å². The van der Waals surface area contributed by atoms with Crippen LogP contribution in [0.4, 0.5) is 23.2 Å². The number of nitrogen functional groups attached to an aromatic ring is 1. The number of aromatic nitrogens is 1. The SMILES string of the molecule is Cn1c(C(F)(F)F)cc(Cl)c(-c2cc(N)c(Cl)cc2F)c1=O. The lowest BCUT2D eigenvalue weighted by molar-refractivity contribution is -0.143. The summed E-state index contributed by atoms with van der Waals surface area (Å²) in [6.07, 6.45) is -4.77. The van der Waals surface area contributed by atoms with Crippen LogP contribution in [0.3, 0.4) is 0 Å². The van der Waals surface area contributed by atoms with E-state index in [1.54, 1.807) is 0 Å². The lowest BCUT2D eigenvalue weighted by atomic mass is 10.0. The van der Waals surface area contributed by atoms with E-state index in [1.165, 1.54) is 0 Å². The zero-order chi connectivity index (χ0) is 16.8. The second-order valence-corrected chi connectivity index (χ2v) is 5.28. The van der Waals surface area contributed by atoms with Gasteiger partial charge in [-0.3, -0.25) is 4.79 Å². The Morgan fingerprint density at radius 3 is 2.27 bits per heavy atom. The third-order valence-corrected chi connectivity index (χ3v) is 3.65. The third kappa shape index (κ3) is 2.78. The maximum Gasteiger partial charge on any atom is 0.431 e. The Morgan fingerprint density at radius 2 is 1.73 bits per heavy atom. The van der Waals surface area contributed by atoms with Crippen molar-refractivity contribution in [3.05, 3.63) is 50.1 Å². The Balaban J connectivity index is 2.82. The van der Waals surface area contributed by atoms with E-state index in [9.17, 15) is 22.4 Å². The second kappa shape index (κ2) is 5.48. The number of anilines is 1. The molecule has 0 saturated carbocycles. The maximum absolute atomic E-state index is 14.0. The number of pyridine rings is 1. The van der Waals surface area contributed by atoms with Crippen LogP contribution in [-0.4, -0.2) is 4.57 Å². The molecule has 1 aromatic carbocycles. The molecule has 9 heteroatoms. The number of rotatable bonds is 1. The van der Waals surface area contributed by atoms with Gasteiger partial charge in [0.2, 0.25) is 0 Å². The quantitative estimate of drug-likeness (QED) is 0.619. The molecule has 0 aliphatic carbocycles. The van der Waals surface area contributed by atoms with Gasteiger partial charge in [0.05, 0.1) is 21.3 Å². The Morgan fingerprint density at radius 1 is 1.14 bits per heavy atom. The molecule has 0 aliphatic rings. The van der Waals surface area contributed by atoms with Crippen LogP contribution in [0.15, 0.2) is 23.0 Å². The first-order valence-electron chi connectivity index (χ1n) is 5.75. The average Bonchev–Trinajstić information content (AvgIpc) is 2.38. The molecule has 0 bridgehead atoms. The standard InChI is InChI=1S/C13H8Cl2F4N2O/c1-21-10(13(17,18)19)4-7(15)11(12(21)22)5-2-9(20)6(14)3-8(5)16/h2-4H,20H2,1H3. The summed E-state index contributed by atoms with van der Waals surface area (Å²) in [4.78, 5) is 12.1. The Hall–Kier alpha value is -1.73. The van der Waals surface area contributed by atoms with E-state index in [4.69, 9.17) is 28.9 Å². The highest BCUT2D eigenvalue weighted by atomic mass is 35.5. The zero-order valence-corrected chi connectivity index (χ0v) is 12.4. The molecule has 2 rings (SSSR count). The van der Waals surface area contributed by atoms with Gasteiger partial charge in [-0.1, -0.05) is 23.2 Å². The van der Waals surface area contributed by atoms with E-state index in [0.29, 0.717) is 10.6 Å². The molecule has 0 spiro atoms. The molecule has 1 heterocycles. The fourth-order valence-electron chi connectivity index (χ4n) is 1.94. The van der Waals surface area contributed by atoms with Gasteiger partial charge in [-0.25, -0.2) is 4.39 Å². The Kier molecular flexibility index (Phi) is 4.14. The molecule has 0 amide bonds. The number of hydrogen-bond acceptors (Lipinski definition) is 2. The lowest BCUT2D eigenvalue weighted by Gasteiger charge is -2.15. The van der Waals surface area contributed by atoms with E-state index in [2.05, 4.69) is 0 Å². The van der Waals surface area contributed by atoms with Crippen molar-refractivity contribution in [2.45, 2.75) is 6.18 Å². The molecule has 0 atom stereocenters. The van der Waals surface area contributed by atoms with Crippen molar-refractivity contribution in [3.63, 3.8) is 0 Å². The normalized spacial score (nSPS) is 11.8. The van der Waals surface area contributed by atoms with Crippen LogP contribution in [0.1, 0.15) is 5.69 Å². The number of nitrogens with zero attached hydrogens (tertiary/aromatic N) is 1. The minimum absolute atomic E-state index is 0.0314. The fraction of sp³-hybridized carbons (Fsp3) is 0.154. The minimum atomic E-state index is -4.77. The van der Waals surface area contributed by atoms with Crippen molar-refractivity contribution in [1.29, 1.82) is 0 Å². The highest BCUT2D eigenvalue weighted by Crippen LogP contribution is 2.35. The van der Waals surface area contributed by atoms with Gasteiger partial charge in [0.15, 0.2) is 0 Å². The van der Waals surface area contributed by atoms with E-state index in [-0.39, 0.29) is 16.3 Å². The summed E-state index contributed by atoms with van der Waals surface area (Å²) in [6, 6.07) is 2.47. The van der Waals surface area contributed by atoms with Crippen molar-refractivity contribution >= 4 is 28.9 Å². The van der Waals surface area contributed by atoms with Crippen LogP contribution >= 0.6 is 23.2 Å². The number of halogens is 6. The number of hydrogen-bond donors (Lipinski definition) is 1. The molecular weight excluding hydrogens is 347 g/mol. The summed E-state index contributed by atoms with van der Waals surface area (Å²) in [7, 11) is 0.919. The van der Waals surface area contributed by atoms with Gasteiger partial charge in [-0.2, -0.15) is 13.2 Å². The van der Waals surface area contributed by atoms with Crippen LogP contribution in [-0.2, 0) is 13.2 Å². The zero-order valence-electron chi connectivity index (χ0n) is 10.9. The minimum Gasteiger partial charge on any atom is -0.398 e. The fourth-order valence-corrected chi connectivity index (χ4v) is 2.38. The third-order valence-electron chi connectivity index (χ3n) is 3.03. The molecular formula is C13H8Cl2F4N2O. The summed E-state index contributed by atoms with van der Waals surface area (Å²) in [5.74, 6) is -0.919. The molecule has 1 aromatic heterocycles. The Labute approximate surface area is 131 Å². The van der Waals surface area contributed by atoms with Gasteiger partial charge in [0.25, 0.3) is 5.56 Å². The average molecular weight is 355 g/mol. The molecule has 118 valence electrons. The van der Waals surface area contributed by atoms with Crippen molar-refractivity contribution in [1.82, 2.24) is 4.57 Å². The van der Waals surface area contributed by atoms with Gasteiger partial charge in [0.1, 0.15) is 11.5 Å². The molecule has 0 saturated heterocycles. The largest absolute Gasteiger partial charge is 0.431 e. The van der Waals surface area contributed by atoms with Crippen molar-refractivity contribution in [2.75, 3.05) is 5.73 Å². The number of nitrogens with two attached hydrogens (primary N) is 1. The van der Waals surface area contributed by atoms with Crippen molar-refractivity contribution in [3.8, 4) is 11.1 Å². The highest BCUT2D eigenvalue weighted by molar-refractivity contribution is 6.34. The highest BCUT2D eigenvalue weighted by Gasteiger charge is 2.35. The maximum atomic E-state index is 14.0. The summed E-state index contributed by atoms with van der Waals surface area (Å²) in [6.45, 7) is 0. The summed E-state index contributed by atoms with van der Waals surface area (Å²) < 4.78 is 52.8. The van der Waals surface area contributed by atoms with Crippen molar-refractivity contribution < 1.29 is 17.6 Å². The van der Waals surface area contributed by atoms with Gasteiger partial charge < -0.3 is 10.3 Å². The van der Waals surface area contributed by atoms with Gasteiger partial charge in [0, 0.05) is 12.6 Å². The summed E-state index contributed by atoms with van der Waals surface area (Å²) in [5, 5.41) is -0.614. The predicted octanol–water partition coefficient (Wildman–Crippen LogP) is 4.10. The first kappa shape index (κ1) is 16.6. The molecule has 3 nitrogen and oxygen atoms in total. The molecule has 2 aromatic rings. The van der Waals surface area contributed by atoms with E-state index in [1.807, 2.05) is 0 Å². The molecule has 0 radical (unpaired) electrons. The monoisotopic (exact) mass is 354 g/mol. The van der Waals surface area contributed by atoms with Gasteiger partial charge in [-0.15, -0.1) is 0 Å². The molecule has 22 heavy (non-hydrogen) atoms. The predicted molar refractivity (Wildman–Crippen MR) is 76.5 cm³/mol. The van der Waals surface area contributed by atoms with Crippen LogP contribution < -0.4 is 11.3 Å². The van der Waals surface area contributed by atoms with E-state index < -0.39 is 33.8 Å². The van der Waals surface area contributed by atoms with Crippen LogP contribution in [0.5, 0.6) is 0 Å². The van der Waals surface area contributed by atoms with Crippen LogP contribution in [0.25, 0.3) is 11.1 Å². The number of alkyl halides is 3. The summed E-state index contributed by atoms with van der Waals surface area (Å²) >= 11 is 11.4. The van der Waals surface area contributed by atoms with Gasteiger partial charge in [-0.05, 0) is 18.2 Å². The first-order chi connectivity index (χ1) is 10.0. The molecule has 0 unspecified atom stereocenters. The number of benzene rings is 1. The smallest absolute Gasteiger partial charge is 0.398 e. The second-order valence-electron chi connectivity index (χ2n) is 4.47. The van der Waals surface area contributed by atoms with E-state index >= 15 is 0 Å². The topological polar surface area (TPSA) is 48.0 Å². The van der Waals surface area contributed by atoms with Crippen LogP contribution in [0, 0.1) is 5.82 Å².